The average molecular weight is 313 g/mol. The van der Waals surface area contributed by atoms with Gasteiger partial charge in [-0.2, -0.15) is 0 Å². The fourth-order valence-corrected chi connectivity index (χ4v) is 3.33. The highest BCUT2D eigenvalue weighted by Crippen LogP contribution is 2.30. The van der Waals surface area contributed by atoms with E-state index in [4.69, 9.17) is 10.5 Å². The zero-order chi connectivity index (χ0) is 16.1. The summed E-state index contributed by atoms with van der Waals surface area (Å²) in [5, 5.41) is 2.55. The predicted octanol–water partition coefficient (Wildman–Crippen LogP) is 2.71. The third-order valence-corrected chi connectivity index (χ3v) is 4.71. The van der Waals surface area contributed by atoms with Gasteiger partial charge in [0.15, 0.2) is 0 Å². The van der Waals surface area contributed by atoms with Crippen LogP contribution in [0.4, 0.5) is 5.69 Å². The number of hydrogen-bond donors (Lipinski definition) is 1. The van der Waals surface area contributed by atoms with Crippen LogP contribution < -0.4 is 15.4 Å². The van der Waals surface area contributed by atoms with Crippen molar-refractivity contribution in [1.82, 2.24) is 4.90 Å². The van der Waals surface area contributed by atoms with Gasteiger partial charge in [0.25, 0.3) is 0 Å². The molecule has 1 heterocycles. The van der Waals surface area contributed by atoms with E-state index in [1.165, 1.54) is 29.4 Å². The molecule has 1 saturated heterocycles. The second-order valence-electron chi connectivity index (χ2n) is 6.19. The van der Waals surface area contributed by atoms with E-state index in [9.17, 15) is 0 Å². The van der Waals surface area contributed by atoms with Gasteiger partial charge < -0.3 is 15.4 Å². The molecular formula is C19H27N3O. The first kappa shape index (κ1) is 16.1. The number of fused-ring (bicyclic) bond motifs is 1. The normalized spacial score (nSPS) is 16.0. The van der Waals surface area contributed by atoms with Gasteiger partial charge in [-0.3, -0.25) is 4.90 Å². The number of hydrogen-bond acceptors (Lipinski definition) is 4. The first-order chi connectivity index (χ1) is 11.3. The fraction of sp³-hybridized carbons (Fsp3) is 0.474. The summed E-state index contributed by atoms with van der Waals surface area (Å²) in [5.41, 5.74) is 6.90. The minimum Gasteiger partial charge on any atom is -0.497 e. The van der Waals surface area contributed by atoms with Gasteiger partial charge in [-0.05, 0) is 49.5 Å². The Morgan fingerprint density at radius 3 is 2.61 bits per heavy atom. The molecule has 0 spiro atoms. The lowest BCUT2D eigenvalue weighted by Gasteiger charge is -2.36. The number of nitrogens with two attached hydrogens (primary N) is 1. The van der Waals surface area contributed by atoms with E-state index in [1.54, 1.807) is 7.11 Å². The largest absolute Gasteiger partial charge is 0.497 e. The van der Waals surface area contributed by atoms with Gasteiger partial charge in [0, 0.05) is 37.3 Å². The Hall–Kier alpha value is -1.78. The van der Waals surface area contributed by atoms with Crippen LogP contribution in [0.3, 0.4) is 0 Å². The minimum absolute atomic E-state index is 0.803. The standard InChI is InChI=1S/C19H27N3O/c1-23-17-8-7-16-5-4-6-19(18(16)15-17)22-13-11-21(12-14-22)10-3-2-9-20/h4-8,15H,2-3,9-14,20H2,1H3. The monoisotopic (exact) mass is 313 g/mol. The van der Waals surface area contributed by atoms with Crippen LogP contribution in [-0.4, -0.2) is 51.3 Å². The van der Waals surface area contributed by atoms with Gasteiger partial charge in [0.2, 0.25) is 0 Å². The number of benzene rings is 2. The van der Waals surface area contributed by atoms with Crippen LogP contribution in [0.25, 0.3) is 10.8 Å². The molecule has 0 amide bonds. The Morgan fingerprint density at radius 2 is 1.87 bits per heavy atom. The molecule has 0 aliphatic carbocycles. The molecule has 0 unspecified atom stereocenters. The van der Waals surface area contributed by atoms with Gasteiger partial charge in [0.05, 0.1) is 7.11 Å². The van der Waals surface area contributed by atoms with Crippen LogP contribution in [0.5, 0.6) is 5.75 Å². The first-order valence-corrected chi connectivity index (χ1v) is 8.56. The van der Waals surface area contributed by atoms with Crippen molar-refractivity contribution in [3.63, 3.8) is 0 Å². The Balaban J connectivity index is 1.72. The van der Waals surface area contributed by atoms with Gasteiger partial charge in [-0.25, -0.2) is 0 Å². The number of methoxy groups -OCH3 is 1. The van der Waals surface area contributed by atoms with Gasteiger partial charge in [0.1, 0.15) is 5.75 Å². The summed E-state index contributed by atoms with van der Waals surface area (Å²) >= 11 is 0. The number of unbranched alkanes of at least 4 members (excludes halogenated alkanes) is 1. The molecule has 2 N–H and O–H groups in total. The van der Waals surface area contributed by atoms with Crippen molar-refractivity contribution >= 4 is 16.5 Å². The van der Waals surface area contributed by atoms with E-state index in [2.05, 4.69) is 40.1 Å². The summed E-state index contributed by atoms with van der Waals surface area (Å²) in [4.78, 5) is 5.05. The van der Waals surface area contributed by atoms with E-state index >= 15 is 0 Å². The zero-order valence-corrected chi connectivity index (χ0v) is 14.0. The molecule has 0 atom stereocenters. The summed E-state index contributed by atoms with van der Waals surface area (Å²) in [6, 6.07) is 12.9. The predicted molar refractivity (Wildman–Crippen MR) is 97.4 cm³/mol. The zero-order valence-electron chi connectivity index (χ0n) is 14.0. The lowest BCUT2D eigenvalue weighted by atomic mass is 10.1. The molecule has 2 aromatic carbocycles. The third kappa shape index (κ3) is 3.77. The highest BCUT2D eigenvalue weighted by molar-refractivity contribution is 5.95. The molecule has 4 heteroatoms. The van der Waals surface area contributed by atoms with Crippen LogP contribution in [0.1, 0.15) is 12.8 Å². The molecule has 124 valence electrons. The first-order valence-electron chi connectivity index (χ1n) is 8.56. The highest BCUT2D eigenvalue weighted by Gasteiger charge is 2.18. The summed E-state index contributed by atoms with van der Waals surface area (Å²) in [6.07, 6.45) is 2.34. The van der Waals surface area contributed by atoms with E-state index in [0.717, 1.165) is 44.9 Å². The van der Waals surface area contributed by atoms with E-state index in [1.807, 2.05) is 6.07 Å². The van der Waals surface area contributed by atoms with Crippen molar-refractivity contribution in [3.8, 4) is 5.75 Å². The SMILES string of the molecule is COc1ccc2cccc(N3CCN(CCCCN)CC3)c2c1. The molecule has 3 rings (SSSR count). The number of piperazine rings is 1. The molecule has 1 aliphatic rings. The van der Waals surface area contributed by atoms with Crippen LogP contribution in [0, 0.1) is 0 Å². The van der Waals surface area contributed by atoms with Crippen LogP contribution >= 0.6 is 0 Å². The Bertz CT molecular complexity index is 636. The number of nitrogens with zero attached hydrogens (tertiary/aromatic N) is 2. The van der Waals surface area contributed by atoms with Crippen molar-refractivity contribution in [2.75, 3.05) is 51.3 Å². The molecule has 4 nitrogen and oxygen atoms in total. The maximum atomic E-state index is 5.58. The Labute approximate surface area is 138 Å². The van der Waals surface area contributed by atoms with Gasteiger partial charge >= 0.3 is 0 Å². The van der Waals surface area contributed by atoms with E-state index < -0.39 is 0 Å². The van der Waals surface area contributed by atoms with Crippen molar-refractivity contribution < 1.29 is 4.74 Å². The summed E-state index contributed by atoms with van der Waals surface area (Å²) in [6.45, 7) is 6.40. The van der Waals surface area contributed by atoms with Crippen molar-refractivity contribution in [2.24, 2.45) is 5.73 Å². The maximum absolute atomic E-state index is 5.58. The molecule has 0 aromatic heterocycles. The summed E-state index contributed by atoms with van der Waals surface area (Å²) in [7, 11) is 1.73. The quantitative estimate of drug-likeness (QED) is 0.833. The van der Waals surface area contributed by atoms with E-state index in [-0.39, 0.29) is 0 Å². The molecule has 1 fully saturated rings. The van der Waals surface area contributed by atoms with Gasteiger partial charge in [-0.15, -0.1) is 0 Å². The van der Waals surface area contributed by atoms with Crippen molar-refractivity contribution in [2.45, 2.75) is 12.8 Å². The molecule has 0 radical (unpaired) electrons. The lowest BCUT2D eigenvalue weighted by Crippen LogP contribution is -2.46. The lowest BCUT2D eigenvalue weighted by molar-refractivity contribution is 0.253. The summed E-state index contributed by atoms with van der Waals surface area (Å²) in [5.74, 6) is 0.922. The molecular weight excluding hydrogens is 286 g/mol. The minimum atomic E-state index is 0.803. The molecule has 1 aliphatic heterocycles. The van der Waals surface area contributed by atoms with Crippen LogP contribution in [0.15, 0.2) is 36.4 Å². The topological polar surface area (TPSA) is 41.7 Å². The number of rotatable bonds is 6. The van der Waals surface area contributed by atoms with Crippen molar-refractivity contribution in [3.05, 3.63) is 36.4 Å². The second kappa shape index (κ2) is 7.66. The Kier molecular flexibility index (Phi) is 5.36. The third-order valence-electron chi connectivity index (χ3n) is 4.71. The highest BCUT2D eigenvalue weighted by atomic mass is 16.5. The van der Waals surface area contributed by atoms with Crippen LogP contribution in [-0.2, 0) is 0 Å². The molecule has 0 bridgehead atoms. The van der Waals surface area contributed by atoms with E-state index in [0.29, 0.717) is 0 Å². The number of ether oxygens (including phenoxy) is 1. The summed E-state index contributed by atoms with van der Waals surface area (Å²) < 4.78 is 5.40. The fourth-order valence-electron chi connectivity index (χ4n) is 3.33. The molecule has 23 heavy (non-hydrogen) atoms. The smallest absolute Gasteiger partial charge is 0.119 e. The van der Waals surface area contributed by atoms with Gasteiger partial charge in [-0.1, -0.05) is 18.2 Å². The Morgan fingerprint density at radius 1 is 1.04 bits per heavy atom. The molecule has 0 saturated carbocycles. The second-order valence-corrected chi connectivity index (χ2v) is 6.19. The van der Waals surface area contributed by atoms with Crippen molar-refractivity contribution in [1.29, 1.82) is 0 Å². The average Bonchev–Trinajstić information content (AvgIpc) is 2.61. The maximum Gasteiger partial charge on any atom is 0.119 e. The molecule has 2 aromatic rings. The van der Waals surface area contributed by atoms with Crippen LogP contribution in [0.2, 0.25) is 0 Å². The number of anilines is 1.